The quantitative estimate of drug-likeness (QED) is 0.552. The van der Waals surface area contributed by atoms with Crippen LogP contribution in [-0.2, 0) is 0 Å². The van der Waals surface area contributed by atoms with Crippen molar-refractivity contribution in [3.63, 3.8) is 0 Å². The molecular formula is C13H9NOS. The molecule has 2 nitrogen and oxygen atoms in total. The van der Waals surface area contributed by atoms with Crippen LogP contribution in [0, 0.1) is 6.92 Å². The molecule has 0 saturated carbocycles. The van der Waals surface area contributed by atoms with E-state index in [9.17, 15) is 4.79 Å². The van der Waals surface area contributed by atoms with Gasteiger partial charge in [-0.2, -0.15) is 0 Å². The predicted octanol–water partition coefficient (Wildman–Crippen LogP) is 3.12. The van der Waals surface area contributed by atoms with Crippen molar-refractivity contribution in [1.29, 1.82) is 0 Å². The maximum absolute atomic E-state index is 12.2. The van der Waals surface area contributed by atoms with Gasteiger partial charge in [-0.25, -0.2) is 4.98 Å². The molecule has 3 aromatic rings. The topological polar surface area (TPSA) is 30.0 Å². The van der Waals surface area contributed by atoms with Crippen LogP contribution in [0.5, 0.6) is 0 Å². The van der Waals surface area contributed by atoms with Crippen molar-refractivity contribution in [1.82, 2.24) is 4.98 Å². The monoisotopic (exact) mass is 227 g/mol. The first-order valence-corrected chi connectivity index (χ1v) is 5.86. The molecule has 0 atom stereocenters. The molecule has 0 saturated heterocycles. The number of fused-ring (bicyclic) bond motifs is 2. The molecule has 2 aromatic heterocycles. The minimum absolute atomic E-state index is 0.0804. The second-order valence-corrected chi connectivity index (χ2v) is 4.76. The zero-order valence-electron chi connectivity index (χ0n) is 8.73. The number of pyridine rings is 1. The molecule has 0 fully saturated rings. The molecule has 1 aromatic carbocycles. The molecule has 3 rings (SSSR count). The summed E-state index contributed by atoms with van der Waals surface area (Å²) in [6.07, 6.45) is 0. The Bertz CT molecular complexity index is 746. The summed E-state index contributed by atoms with van der Waals surface area (Å²) in [7, 11) is 0. The maximum Gasteiger partial charge on any atom is 0.197 e. The highest BCUT2D eigenvalue weighted by atomic mass is 32.1. The van der Waals surface area contributed by atoms with Crippen LogP contribution in [0.4, 0.5) is 0 Å². The SMILES string of the molecule is Cc1ccc2c(=O)c3ccccc3sc2n1. The average Bonchev–Trinajstić information content (AvgIpc) is 2.29. The van der Waals surface area contributed by atoms with E-state index < -0.39 is 0 Å². The molecule has 0 amide bonds. The van der Waals surface area contributed by atoms with Gasteiger partial charge in [0.2, 0.25) is 0 Å². The van der Waals surface area contributed by atoms with Crippen LogP contribution < -0.4 is 5.43 Å². The zero-order chi connectivity index (χ0) is 11.1. The first kappa shape index (κ1) is 9.48. The molecule has 3 heteroatoms. The first-order chi connectivity index (χ1) is 7.75. The zero-order valence-corrected chi connectivity index (χ0v) is 9.54. The Hall–Kier alpha value is -1.74. The van der Waals surface area contributed by atoms with Crippen LogP contribution in [0.3, 0.4) is 0 Å². The van der Waals surface area contributed by atoms with Crippen LogP contribution in [0.25, 0.3) is 20.3 Å². The Kier molecular flexibility index (Phi) is 2.01. The lowest BCUT2D eigenvalue weighted by Gasteiger charge is -2.00. The van der Waals surface area contributed by atoms with Crippen molar-refractivity contribution in [2.24, 2.45) is 0 Å². The Balaban J connectivity index is 2.61. The molecule has 0 aliphatic carbocycles. The molecule has 0 radical (unpaired) electrons. The van der Waals surface area contributed by atoms with Crippen LogP contribution in [0.2, 0.25) is 0 Å². The third-order valence-corrected chi connectivity index (χ3v) is 3.66. The van der Waals surface area contributed by atoms with Crippen molar-refractivity contribution in [3.8, 4) is 0 Å². The van der Waals surface area contributed by atoms with Crippen LogP contribution in [0.1, 0.15) is 5.69 Å². The van der Waals surface area contributed by atoms with Crippen LogP contribution in [0.15, 0.2) is 41.2 Å². The van der Waals surface area contributed by atoms with Gasteiger partial charge in [0.25, 0.3) is 0 Å². The van der Waals surface area contributed by atoms with Crippen molar-refractivity contribution in [3.05, 3.63) is 52.3 Å². The van der Waals surface area contributed by atoms with Gasteiger partial charge in [-0.05, 0) is 31.2 Å². The normalized spacial score (nSPS) is 11.1. The summed E-state index contributed by atoms with van der Waals surface area (Å²) >= 11 is 1.57. The molecule has 0 spiro atoms. The number of aromatic nitrogens is 1. The number of rotatable bonds is 0. The third kappa shape index (κ3) is 1.32. The molecule has 2 heterocycles. The Labute approximate surface area is 96.2 Å². The van der Waals surface area contributed by atoms with Gasteiger partial charge in [0.05, 0.1) is 5.39 Å². The van der Waals surface area contributed by atoms with Gasteiger partial charge in [0.1, 0.15) is 4.83 Å². The third-order valence-electron chi connectivity index (χ3n) is 2.58. The molecule has 16 heavy (non-hydrogen) atoms. The van der Waals surface area contributed by atoms with Crippen molar-refractivity contribution in [2.45, 2.75) is 6.92 Å². The molecule has 0 aliphatic heterocycles. The van der Waals surface area contributed by atoms with Crippen molar-refractivity contribution >= 4 is 31.6 Å². The summed E-state index contributed by atoms with van der Waals surface area (Å²) in [5, 5.41) is 1.50. The molecular weight excluding hydrogens is 218 g/mol. The fourth-order valence-corrected chi connectivity index (χ4v) is 2.86. The van der Waals surface area contributed by atoms with E-state index in [2.05, 4.69) is 4.98 Å². The lowest BCUT2D eigenvalue weighted by molar-refractivity contribution is 1.27. The second kappa shape index (κ2) is 3.39. The smallest absolute Gasteiger partial charge is 0.197 e. The van der Waals surface area contributed by atoms with Gasteiger partial charge >= 0.3 is 0 Å². The van der Waals surface area contributed by atoms with Gasteiger partial charge < -0.3 is 0 Å². The van der Waals surface area contributed by atoms with Gasteiger partial charge in [-0.3, -0.25) is 4.79 Å². The Morgan fingerprint density at radius 1 is 1.06 bits per heavy atom. The molecule has 78 valence electrons. The van der Waals surface area contributed by atoms with Crippen molar-refractivity contribution < 1.29 is 0 Å². The number of hydrogen-bond acceptors (Lipinski definition) is 3. The minimum atomic E-state index is 0.0804. The lowest BCUT2D eigenvalue weighted by atomic mass is 10.2. The van der Waals surface area contributed by atoms with E-state index in [4.69, 9.17) is 0 Å². The van der Waals surface area contributed by atoms with Crippen LogP contribution in [-0.4, -0.2) is 4.98 Å². The second-order valence-electron chi connectivity index (χ2n) is 3.73. The summed E-state index contributed by atoms with van der Waals surface area (Å²) in [5.74, 6) is 0. The highest BCUT2D eigenvalue weighted by Gasteiger charge is 2.05. The standard InChI is InChI=1S/C13H9NOS/c1-8-6-7-10-12(15)9-4-2-3-5-11(9)16-13(10)14-8/h2-7H,1H3. The summed E-state index contributed by atoms with van der Waals surface area (Å²) in [5.41, 5.74) is 1.02. The van der Waals surface area contributed by atoms with Gasteiger partial charge in [0, 0.05) is 15.8 Å². The van der Waals surface area contributed by atoms with Gasteiger partial charge in [-0.15, -0.1) is 11.3 Å². The number of benzene rings is 1. The molecule has 0 aliphatic rings. The summed E-state index contributed by atoms with van der Waals surface area (Å²) in [6, 6.07) is 11.4. The van der Waals surface area contributed by atoms with E-state index in [1.54, 1.807) is 11.3 Å². The van der Waals surface area contributed by atoms with E-state index in [-0.39, 0.29) is 5.43 Å². The van der Waals surface area contributed by atoms with Crippen LogP contribution >= 0.6 is 11.3 Å². The average molecular weight is 227 g/mol. The summed E-state index contributed by atoms with van der Waals surface area (Å²) in [4.78, 5) is 17.4. The highest BCUT2D eigenvalue weighted by molar-refractivity contribution is 7.24. The van der Waals surface area contributed by atoms with Gasteiger partial charge in [0.15, 0.2) is 5.43 Å². The number of hydrogen-bond donors (Lipinski definition) is 0. The molecule has 0 unspecified atom stereocenters. The summed E-state index contributed by atoms with van der Waals surface area (Å²) in [6.45, 7) is 1.94. The van der Waals surface area contributed by atoms with E-state index in [0.717, 1.165) is 20.6 Å². The van der Waals surface area contributed by atoms with E-state index in [1.807, 2.05) is 43.3 Å². The van der Waals surface area contributed by atoms with E-state index in [1.165, 1.54) is 0 Å². The van der Waals surface area contributed by atoms with Crippen molar-refractivity contribution in [2.75, 3.05) is 0 Å². The largest absolute Gasteiger partial charge is 0.288 e. The van der Waals surface area contributed by atoms with E-state index in [0.29, 0.717) is 5.39 Å². The Morgan fingerprint density at radius 2 is 1.88 bits per heavy atom. The highest BCUT2D eigenvalue weighted by Crippen LogP contribution is 2.22. The predicted molar refractivity (Wildman–Crippen MR) is 68.1 cm³/mol. The Morgan fingerprint density at radius 3 is 2.75 bits per heavy atom. The minimum Gasteiger partial charge on any atom is -0.288 e. The molecule has 0 N–H and O–H groups in total. The lowest BCUT2D eigenvalue weighted by Crippen LogP contribution is -2.01. The number of nitrogens with zero attached hydrogens (tertiary/aromatic N) is 1. The van der Waals surface area contributed by atoms with E-state index >= 15 is 0 Å². The van der Waals surface area contributed by atoms with Gasteiger partial charge in [-0.1, -0.05) is 12.1 Å². The summed E-state index contributed by atoms with van der Waals surface area (Å²) < 4.78 is 0.998. The first-order valence-electron chi connectivity index (χ1n) is 5.05. The maximum atomic E-state index is 12.2. The fourth-order valence-electron chi connectivity index (χ4n) is 1.78. The fraction of sp³-hybridized carbons (Fsp3) is 0.0769. The number of aryl methyl sites for hydroxylation is 1. The molecule has 0 bridgehead atoms.